The number of rotatable bonds is 3. The van der Waals surface area contributed by atoms with Crippen molar-refractivity contribution in [2.45, 2.75) is 38.6 Å². The second-order valence-corrected chi connectivity index (χ2v) is 4.00. The summed E-state index contributed by atoms with van der Waals surface area (Å²) in [4.78, 5) is 11.1. The number of carbonyl (C=O) groups is 1. The van der Waals surface area contributed by atoms with Crippen LogP contribution in [-0.2, 0) is 0 Å². The largest absolute Gasteiger partial charge is 0.364 e. The SMILES string of the molecule is CC(C)n1nnc(C(N)=O)c1C1CC1. The lowest BCUT2D eigenvalue weighted by molar-refractivity contribution is 0.0994. The molecule has 1 saturated carbocycles. The van der Waals surface area contributed by atoms with Crippen molar-refractivity contribution in [3.63, 3.8) is 0 Å². The van der Waals surface area contributed by atoms with E-state index in [9.17, 15) is 4.79 Å². The Hall–Kier alpha value is -1.39. The maximum atomic E-state index is 11.1. The molecule has 1 fully saturated rings. The predicted molar refractivity (Wildman–Crippen MR) is 50.9 cm³/mol. The fourth-order valence-corrected chi connectivity index (χ4v) is 1.59. The lowest BCUT2D eigenvalue weighted by atomic mass is 10.2. The molecule has 1 aromatic heterocycles. The number of aromatic nitrogens is 3. The summed E-state index contributed by atoms with van der Waals surface area (Å²) in [6.07, 6.45) is 2.22. The van der Waals surface area contributed by atoms with E-state index in [2.05, 4.69) is 10.3 Å². The van der Waals surface area contributed by atoms with Gasteiger partial charge in [-0.15, -0.1) is 5.10 Å². The zero-order chi connectivity index (χ0) is 10.3. The molecule has 1 amide bonds. The van der Waals surface area contributed by atoms with Crippen molar-refractivity contribution < 1.29 is 4.79 Å². The molecular formula is C9H14N4O. The van der Waals surface area contributed by atoms with Gasteiger partial charge in [0.2, 0.25) is 0 Å². The number of primary amides is 1. The molecule has 5 nitrogen and oxygen atoms in total. The minimum absolute atomic E-state index is 0.228. The Labute approximate surface area is 82.3 Å². The van der Waals surface area contributed by atoms with E-state index in [1.165, 1.54) is 0 Å². The van der Waals surface area contributed by atoms with Crippen molar-refractivity contribution in [2.24, 2.45) is 5.73 Å². The molecule has 0 spiro atoms. The Morgan fingerprint density at radius 1 is 1.57 bits per heavy atom. The quantitative estimate of drug-likeness (QED) is 0.774. The molecule has 2 rings (SSSR count). The summed E-state index contributed by atoms with van der Waals surface area (Å²) >= 11 is 0. The maximum Gasteiger partial charge on any atom is 0.271 e. The highest BCUT2D eigenvalue weighted by molar-refractivity contribution is 5.92. The monoisotopic (exact) mass is 194 g/mol. The van der Waals surface area contributed by atoms with Gasteiger partial charge in [0.25, 0.3) is 5.91 Å². The number of amides is 1. The second-order valence-electron chi connectivity index (χ2n) is 4.00. The van der Waals surface area contributed by atoms with Crippen molar-refractivity contribution in [2.75, 3.05) is 0 Å². The Morgan fingerprint density at radius 2 is 2.21 bits per heavy atom. The molecule has 5 heteroatoms. The summed E-state index contributed by atoms with van der Waals surface area (Å²) in [6.45, 7) is 4.04. The normalized spacial score (nSPS) is 16.2. The summed E-state index contributed by atoms with van der Waals surface area (Å²) in [5, 5.41) is 7.80. The van der Waals surface area contributed by atoms with Gasteiger partial charge in [-0.1, -0.05) is 5.21 Å². The van der Waals surface area contributed by atoms with Gasteiger partial charge < -0.3 is 5.73 Å². The zero-order valence-corrected chi connectivity index (χ0v) is 8.40. The fourth-order valence-electron chi connectivity index (χ4n) is 1.59. The highest BCUT2D eigenvalue weighted by atomic mass is 16.1. The van der Waals surface area contributed by atoms with Crippen LogP contribution >= 0.6 is 0 Å². The molecule has 1 aliphatic carbocycles. The third kappa shape index (κ3) is 1.38. The molecule has 1 aliphatic rings. The van der Waals surface area contributed by atoms with Crippen molar-refractivity contribution in [1.29, 1.82) is 0 Å². The van der Waals surface area contributed by atoms with E-state index >= 15 is 0 Å². The molecule has 2 N–H and O–H groups in total. The Balaban J connectivity index is 2.46. The van der Waals surface area contributed by atoms with Crippen LogP contribution in [0.2, 0.25) is 0 Å². The first-order valence-corrected chi connectivity index (χ1v) is 4.86. The minimum atomic E-state index is -0.473. The van der Waals surface area contributed by atoms with Gasteiger partial charge >= 0.3 is 0 Å². The average molecular weight is 194 g/mol. The Kier molecular flexibility index (Phi) is 2.02. The van der Waals surface area contributed by atoms with Crippen molar-refractivity contribution in [3.05, 3.63) is 11.4 Å². The standard InChI is InChI=1S/C9H14N4O/c1-5(2)13-8(6-3-4-6)7(9(10)14)11-12-13/h5-6H,3-4H2,1-2H3,(H2,10,14). The van der Waals surface area contributed by atoms with Crippen LogP contribution < -0.4 is 5.73 Å². The topological polar surface area (TPSA) is 73.8 Å². The molecule has 1 heterocycles. The van der Waals surface area contributed by atoms with Gasteiger partial charge in [-0.3, -0.25) is 4.79 Å². The maximum absolute atomic E-state index is 11.1. The molecule has 0 unspecified atom stereocenters. The van der Waals surface area contributed by atoms with Gasteiger partial charge in [0, 0.05) is 12.0 Å². The number of nitrogens with zero attached hydrogens (tertiary/aromatic N) is 3. The molecular weight excluding hydrogens is 180 g/mol. The van der Waals surface area contributed by atoms with Crippen LogP contribution in [-0.4, -0.2) is 20.9 Å². The first-order chi connectivity index (χ1) is 6.61. The van der Waals surface area contributed by atoms with E-state index in [4.69, 9.17) is 5.73 Å². The lowest BCUT2D eigenvalue weighted by Crippen LogP contribution is -2.15. The van der Waals surface area contributed by atoms with Gasteiger partial charge in [0.1, 0.15) is 0 Å². The van der Waals surface area contributed by atoms with Gasteiger partial charge in [0.15, 0.2) is 5.69 Å². The molecule has 0 saturated heterocycles. The summed E-state index contributed by atoms with van der Waals surface area (Å²) < 4.78 is 1.80. The molecule has 14 heavy (non-hydrogen) atoms. The van der Waals surface area contributed by atoms with Gasteiger partial charge in [-0.05, 0) is 26.7 Å². The van der Waals surface area contributed by atoms with Crippen LogP contribution in [0, 0.1) is 0 Å². The first-order valence-electron chi connectivity index (χ1n) is 4.86. The highest BCUT2D eigenvalue weighted by Crippen LogP contribution is 2.41. The number of hydrogen-bond acceptors (Lipinski definition) is 3. The number of carbonyl (C=O) groups excluding carboxylic acids is 1. The zero-order valence-electron chi connectivity index (χ0n) is 8.40. The highest BCUT2D eigenvalue weighted by Gasteiger charge is 2.33. The van der Waals surface area contributed by atoms with Gasteiger partial charge in [-0.2, -0.15) is 0 Å². The minimum Gasteiger partial charge on any atom is -0.364 e. The lowest BCUT2D eigenvalue weighted by Gasteiger charge is -2.08. The van der Waals surface area contributed by atoms with Crippen LogP contribution in [0.4, 0.5) is 0 Å². The van der Waals surface area contributed by atoms with E-state index in [0.717, 1.165) is 18.5 Å². The van der Waals surface area contributed by atoms with Crippen LogP contribution in [0.1, 0.15) is 54.8 Å². The molecule has 0 aliphatic heterocycles. The molecule has 0 aromatic carbocycles. The smallest absolute Gasteiger partial charge is 0.271 e. The van der Waals surface area contributed by atoms with Gasteiger partial charge in [0.05, 0.1) is 5.69 Å². The van der Waals surface area contributed by atoms with Crippen LogP contribution in [0.5, 0.6) is 0 Å². The fraction of sp³-hybridized carbons (Fsp3) is 0.667. The summed E-state index contributed by atoms with van der Waals surface area (Å²) in [7, 11) is 0. The predicted octanol–water partition coefficient (Wildman–Crippen LogP) is 0.835. The molecule has 0 radical (unpaired) electrons. The second kappa shape index (κ2) is 3.08. The average Bonchev–Trinajstić information content (AvgIpc) is 2.83. The Morgan fingerprint density at radius 3 is 2.64 bits per heavy atom. The Bertz CT molecular complexity index is 365. The number of nitrogens with two attached hydrogens (primary N) is 1. The van der Waals surface area contributed by atoms with E-state index in [-0.39, 0.29) is 6.04 Å². The summed E-state index contributed by atoms with van der Waals surface area (Å²) in [6, 6.07) is 0.228. The molecule has 0 bridgehead atoms. The van der Waals surface area contributed by atoms with Gasteiger partial charge in [-0.25, -0.2) is 4.68 Å². The molecule has 0 atom stereocenters. The van der Waals surface area contributed by atoms with Crippen molar-refractivity contribution in [3.8, 4) is 0 Å². The van der Waals surface area contributed by atoms with E-state index in [1.807, 2.05) is 13.8 Å². The van der Waals surface area contributed by atoms with Crippen LogP contribution in [0.3, 0.4) is 0 Å². The van der Waals surface area contributed by atoms with Crippen LogP contribution in [0.25, 0.3) is 0 Å². The van der Waals surface area contributed by atoms with Crippen molar-refractivity contribution in [1.82, 2.24) is 15.0 Å². The van der Waals surface area contributed by atoms with E-state index in [1.54, 1.807) is 4.68 Å². The first kappa shape index (κ1) is 9.18. The number of hydrogen-bond donors (Lipinski definition) is 1. The molecule has 1 aromatic rings. The third-order valence-electron chi connectivity index (χ3n) is 2.42. The molecule has 76 valence electrons. The van der Waals surface area contributed by atoms with E-state index < -0.39 is 5.91 Å². The van der Waals surface area contributed by atoms with Crippen LogP contribution in [0.15, 0.2) is 0 Å². The van der Waals surface area contributed by atoms with Crippen molar-refractivity contribution >= 4 is 5.91 Å². The third-order valence-corrected chi connectivity index (χ3v) is 2.42. The summed E-state index contributed by atoms with van der Waals surface area (Å²) in [5.74, 6) is -0.0336. The van der Waals surface area contributed by atoms with E-state index in [0.29, 0.717) is 11.6 Å². The summed E-state index contributed by atoms with van der Waals surface area (Å²) in [5.41, 5.74) is 6.51.